The predicted molar refractivity (Wildman–Crippen MR) is 102 cm³/mol. The molecule has 3 aliphatic carbocycles. The minimum atomic E-state index is -0.870. The zero-order chi connectivity index (χ0) is 18.4. The molecule has 6 heteroatoms. The highest BCUT2D eigenvalue weighted by atomic mass is 79.9. The van der Waals surface area contributed by atoms with Gasteiger partial charge in [-0.2, -0.15) is 0 Å². The molecule has 3 fully saturated rings. The Labute approximate surface area is 154 Å². The zero-order valence-electron chi connectivity index (χ0n) is 14.9. The van der Waals surface area contributed by atoms with E-state index >= 15 is 0 Å². The van der Waals surface area contributed by atoms with Crippen molar-refractivity contribution in [1.82, 2.24) is 0 Å². The minimum absolute atomic E-state index is 0.0885. The first-order valence-corrected chi connectivity index (χ1v) is 9.54. The van der Waals surface area contributed by atoms with Crippen LogP contribution >= 0.6 is 15.9 Å². The minimum Gasteiger partial charge on any atom is -0.430 e. The fourth-order valence-electron chi connectivity index (χ4n) is 3.87. The number of halogens is 1. The van der Waals surface area contributed by atoms with Crippen molar-refractivity contribution in [1.29, 1.82) is 0 Å². The van der Waals surface area contributed by atoms with Gasteiger partial charge in [-0.3, -0.25) is 0 Å². The maximum atomic E-state index is 10.2. The summed E-state index contributed by atoms with van der Waals surface area (Å²) in [4.78, 5) is 0. The molecule has 0 aliphatic heterocycles. The lowest BCUT2D eigenvalue weighted by Crippen LogP contribution is -2.74. The molecule has 3 saturated carbocycles. The van der Waals surface area contributed by atoms with Crippen LogP contribution in [0.1, 0.15) is 45.6 Å². The average molecular weight is 401 g/mol. The number of fused-ring (bicyclic) bond motifs is 2. The van der Waals surface area contributed by atoms with E-state index in [0.717, 1.165) is 31.0 Å². The normalized spacial score (nSPS) is 32.2. The maximum Gasteiger partial charge on any atom is 0.432 e. The van der Waals surface area contributed by atoms with E-state index in [4.69, 9.17) is 10.0 Å². The molecule has 0 heterocycles. The molecule has 4 N–H and O–H groups in total. The molecular weight excluding hydrogens is 371 g/mol. The van der Waals surface area contributed by atoms with Crippen molar-refractivity contribution in [2.75, 3.05) is 5.33 Å². The van der Waals surface area contributed by atoms with Gasteiger partial charge in [-0.15, -0.1) is 0 Å². The lowest BCUT2D eigenvalue weighted by atomic mass is 9.41. The molecule has 0 saturated heterocycles. The van der Waals surface area contributed by atoms with Gasteiger partial charge in [0.1, 0.15) is 0 Å². The Kier molecular flexibility index (Phi) is 7.95. The molecular formula is C18H30BBrO4. The predicted octanol–water partition coefficient (Wildman–Crippen LogP) is 2.17. The Morgan fingerprint density at radius 2 is 1.67 bits per heavy atom. The summed E-state index contributed by atoms with van der Waals surface area (Å²) in [6.07, 6.45) is 3.72. The molecule has 1 aromatic carbocycles. The monoisotopic (exact) mass is 400 g/mol. The first-order chi connectivity index (χ1) is 11.2. The van der Waals surface area contributed by atoms with Crippen molar-refractivity contribution in [3.63, 3.8) is 0 Å². The van der Waals surface area contributed by atoms with Crippen molar-refractivity contribution < 1.29 is 20.3 Å². The highest BCUT2D eigenvalue weighted by molar-refractivity contribution is 9.09. The second kappa shape index (κ2) is 8.81. The number of rotatable bonds is 2. The lowest BCUT2D eigenvalue weighted by molar-refractivity contribution is -0.312. The Bertz CT molecular complexity index is 485. The largest absolute Gasteiger partial charge is 0.432 e. The van der Waals surface area contributed by atoms with Crippen molar-refractivity contribution in [3.8, 4) is 0 Å². The number of benzene rings is 1. The first-order valence-electron chi connectivity index (χ1n) is 8.42. The van der Waals surface area contributed by atoms with Gasteiger partial charge in [-0.25, -0.2) is 0 Å². The molecule has 1 aromatic rings. The van der Waals surface area contributed by atoms with Gasteiger partial charge in [0.15, 0.2) is 0 Å². The number of aliphatic hydroxyl groups is 2. The van der Waals surface area contributed by atoms with Gasteiger partial charge in [-0.05, 0) is 49.5 Å². The quantitative estimate of drug-likeness (QED) is 0.453. The highest BCUT2D eigenvalue weighted by Crippen LogP contribution is 2.65. The molecule has 3 unspecified atom stereocenters. The number of hydrogen-bond donors (Lipinski definition) is 4. The highest BCUT2D eigenvalue weighted by Gasteiger charge is 2.69. The van der Waals surface area contributed by atoms with E-state index in [0.29, 0.717) is 5.92 Å². The van der Waals surface area contributed by atoms with E-state index < -0.39 is 18.9 Å². The molecule has 4 nitrogen and oxygen atoms in total. The summed E-state index contributed by atoms with van der Waals surface area (Å²) in [6, 6.07) is 10.5. The van der Waals surface area contributed by atoms with E-state index in [-0.39, 0.29) is 5.41 Å². The lowest BCUT2D eigenvalue weighted by Gasteiger charge is -2.68. The Morgan fingerprint density at radius 1 is 1.12 bits per heavy atom. The maximum absolute atomic E-state index is 10.2. The smallest absolute Gasteiger partial charge is 0.430 e. The molecule has 0 aromatic heterocycles. The summed E-state index contributed by atoms with van der Waals surface area (Å²) in [6.45, 7) is 5.90. The van der Waals surface area contributed by atoms with E-state index in [2.05, 4.69) is 54.0 Å². The van der Waals surface area contributed by atoms with Crippen molar-refractivity contribution >= 4 is 23.6 Å². The van der Waals surface area contributed by atoms with E-state index in [1.807, 2.05) is 6.07 Å². The molecule has 24 heavy (non-hydrogen) atoms. The van der Waals surface area contributed by atoms with Gasteiger partial charge < -0.3 is 20.3 Å². The third-order valence-electron chi connectivity index (χ3n) is 5.72. The van der Waals surface area contributed by atoms with Gasteiger partial charge in [0.25, 0.3) is 0 Å². The van der Waals surface area contributed by atoms with Crippen LogP contribution in [0.15, 0.2) is 30.3 Å². The second-order valence-corrected chi connectivity index (χ2v) is 8.15. The standard InChI is InChI=1S/C10H18O2.C8H9Br.BH3O2/c1-8(2)7-4-5-9(3,11)10(8,12)6-7;9-7-6-8-4-2-1-3-5-8;2-1-3/h7,11-12H,4-6H2,1-3H3;1-5H,6-7H2;1-3H. The summed E-state index contributed by atoms with van der Waals surface area (Å²) >= 11 is 3.39. The summed E-state index contributed by atoms with van der Waals surface area (Å²) in [5.74, 6) is 0.614. The van der Waals surface area contributed by atoms with Crippen LogP contribution in [0.2, 0.25) is 0 Å². The van der Waals surface area contributed by atoms with Crippen molar-refractivity contribution in [3.05, 3.63) is 35.9 Å². The SMILES string of the molecule is BrCCc1ccccc1.CC1(O)CCC2CC1(O)C2(C)C.OBO. The first kappa shape index (κ1) is 21.6. The number of hydrogen-bond acceptors (Lipinski definition) is 4. The van der Waals surface area contributed by atoms with Crippen molar-refractivity contribution in [2.45, 2.75) is 57.7 Å². The van der Waals surface area contributed by atoms with Gasteiger partial charge in [-0.1, -0.05) is 60.1 Å². The Balaban J connectivity index is 0.000000213. The van der Waals surface area contributed by atoms with Gasteiger partial charge in [0, 0.05) is 5.33 Å². The third kappa shape index (κ3) is 4.41. The van der Waals surface area contributed by atoms with E-state index in [1.54, 1.807) is 6.92 Å². The summed E-state index contributed by atoms with van der Waals surface area (Å²) in [5.41, 5.74) is -0.391. The van der Waals surface area contributed by atoms with Crippen LogP contribution in [0.3, 0.4) is 0 Å². The second-order valence-electron chi connectivity index (χ2n) is 7.36. The van der Waals surface area contributed by atoms with Crippen LogP contribution in [0, 0.1) is 11.3 Å². The Morgan fingerprint density at radius 3 is 2.04 bits per heavy atom. The van der Waals surface area contributed by atoms with Crippen LogP contribution in [0.4, 0.5) is 0 Å². The van der Waals surface area contributed by atoms with Gasteiger partial charge >= 0.3 is 7.69 Å². The van der Waals surface area contributed by atoms with Crippen LogP contribution in [-0.4, -0.2) is 44.5 Å². The molecule has 3 atom stereocenters. The third-order valence-corrected chi connectivity index (χ3v) is 6.12. The molecule has 0 radical (unpaired) electrons. The summed E-state index contributed by atoms with van der Waals surface area (Å²) in [5, 5.41) is 35.6. The summed E-state index contributed by atoms with van der Waals surface area (Å²) in [7, 11) is -0.750. The van der Waals surface area contributed by atoms with E-state index in [1.165, 1.54) is 5.56 Å². The molecule has 4 rings (SSSR count). The number of aryl methyl sites for hydroxylation is 1. The topological polar surface area (TPSA) is 80.9 Å². The Hall–Kier alpha value is -0.395. The number of alkyl halides is 1. The van der Waals surface area contributed by atoms with E-state index in [9.17, 15) is 10.2 Å². The zero-order valence-corrected chi connectivity index (χ0v) is 16.5. The fourth-order valence-corrected chi connectivity index (χ4v) is 4.33. The molecule has 0 amide bonds. The molecule has 0 spiro atoms. The van der Waals surface area contributed by atoms with Gasteiger partial charge in [0.05, 0.1) is 11.2 Å². The molecule has 3 aliphatic rings. The summed E-state index contributed by atoms with van der Waals surface area (Å²) < 4.78 is 0. The van der Waals surface area contributed by atoms with Gasteiger partial charge in [0.2, 0.25) is 0 Å². The van der Waals surface area contributed by atoms with Crippen molar-refractivity contribution in [2.24, 2.45) is 11.3 Å². The van der Waals surface area contributed by atoms with Crippen LogP contribution in [-0.2, 0) is 6.42 Å². The van der Waals surface area contributed by atoms with Crippen LogP contribution in [0.5, 0.6) is 0 Å². The average Bonchev–Trinajstić information content (AvgIpc) is 2.52. The molecule has 136 valence electrons. The van der Waals surface area contributed by atoms with Crippen LogP contribution < -0.4 is 0 Å². The molecule has 2 bridgehead atoms. The van der Waals surface area contributed by atoms with Crippen LogP contribution in [0.25, 0.3) is 0 Å². The fraction of sp³-hybridized carbons (Fsp3) is 0.667.